The van der Waals surface area contributed by atoms with Gasteiger partial charge in [0.05, 0.1) is 31.0 Å². The van der Waals surface area contributed by atoms with Crippen LogP contribution in [0.15, 0.2) is 35.4 Å². The number of carbonyl (C=O) groups excluding carboxylic acids is 1. The van der Waals surface area contributed by atoms with E-state index >= 15 is 0 Å². The first-order chi connectivity index (χ1) is 11.5. The molecule has 0 unspecified atom stereocenters. The zero-order valence-electron chi connectivity index (χ0n) is 12.8. The van der Waals surface area contributed by atoms with Crippen LogP contribution in [0, 0.1) is 0 Å². The van der Waals surface area contributed by atoms with E-state index < -0.39 is 5.91 Å². The molecule has 0 saturated carbocycles. The summed E-state index contributed by atoms with van der Waals surface area (Å²) in [5.41, 5.74) is 2.84. The normalized spacial score (nSPS) is 10.7. The molecule has 0 spiro atoms. The molecule has 126 valence electrons. The highest BCUT2D eigenvalue weighted by Gasteiger charge is 2.14. The number of aromatic hydroxyl groups is 1. The molecule has 2 aromatic rings. The number of nitrogens with one attached hydrogen (secondary N) is 1. The molecule has 0 aromatic heterocycles. The number of phenolic OH excluding ortho intramolecular Hbond substituents is 1. The first kappa shape index (κ1) is 17.9. The van der Waals surface area contributed by atoms with Crippen LogP contribution in [-0.2, 0) is 0 Å². The Kier molecular flexibility index (Phi) is 5.89. The number of amides is 1. The van der Waals surface area contributed by atoms with E-state index in [1.807, 2.05) is 0 Å². The number of carbonyl (C=O) groups is 1. The molecule has 1 amide bonds. The van der Waals surface area contributed by atoms with Gasteiger partial charge >= 0.3 is 0 Å². The second-order valence-electron chi connectivity index (χ2n) is 4.59. The summed E-state index contributed by atoms with van der Waals surface area (Å²) >= 11 is 11.6. The monoisotopic (exact) mass is 368 g/mol. The second kappa shape index (κ2) is 7.90. The van der Waals surface area contributed by atoms with Gasteiger partial charge in [0.25, 0.3) is 5.91 Å². The van der Waals surface area contributed by atoms with Gasteiger partial charge in [-0.05, 0) is 24.3 Å². The van der Waals surface area contributed by atoms with Crippen molar-refractivity contribution in [3.8, 4) is 17.2 Å². The summed E-state index contributed by atoms with van der Waals surface area (Å²) in [6.07, 6.45) is 1.40. The number of rotatable bonds is 5. The number of hydrazone groups is 1. The van der Waals surface area contributed by atoms with E-state index in [4.69, 9.17) is 32.7 Å². The third-order valence-corrected chi connectivity index (χ3v) is 3.59. The van der Waals surface area contributed by atoms with Gasteiger partial charge in [-0.25, -0.2) is 5.43 Å². The average Bonchev–Trinajstić information content (AvgIpc) is 2.58. The molecule has 0 heterocycles. The molecule has 2 aromatic carbocycles. The van der Waals surface area contributed by atoms with Gasteiger partial charge in [-0.2, -0.15) is 5.10 Å². The van der Waals surface area contributed by atoms with Crippen molar-refractivity contribution in [1.82, 2.24) is 5.43 Å². The fourth-order valence-corrected chi connectivity index (χ4v) is 2.38. The van der Waals surface area contributed by atoms with Crippen LogP contribution in [-0.4, -0.2) is 31.4 Å². The van der Waals surface area contributed by atoms with Crippen LogP contribution in [0.5, 0.6) is 17.2 Å². The van der Waals surface area contributed by atoms with E-state index in [0.29, 0.717) is 17.1 Å². The van der Waals surface area contributed by atoms with Crippen LogP contribution < -0.4 is 14.9 Å². The van der Waals surface area contributed by atoms with E-state index in [-0.39, 0.29) is 21.4 Å². The molecular weight excluding hydrogens is 355 g/mol. The van der Waals surface area contributed by atoms with Gasteiger partial charge in [-0.1, -0.05) is 23.2 Å². The van der Waals surface area contributed by atoms with Crippen molar-refractivity contribution in [3.63, 3.8) is 0 Å². The van der Waals surface area contributed by atoms with Crippen molar-refractivity contribution >= 4 is 35.3 Å². The Hall–Kier alpha value is -2.44. The Morgan fingerprint density at radius 2 is 1.96 bits per heavy atom. The summed E-state index contributed by atoms with van der Waals surface area (Å²) in [6.45, 7) is 0. The van der Waals surface area contributed by atoms with Crippen molar-refractivity contribution < 1.29 is 19.4 Å². The maximum Gasteiger partial charge on any atom is 0.275 e. The number of benzene rings is 2. The summed E-state index contributed by atoms with van der Waals surface area (Å²) in [6, 6.07) is 7.77. The van der Waals surface area contributed by atoms with Crippen molar-refractivity contribution in [3.05, 3.63) is 51.5 Å². The highest BCUT2D eigenvalue weighted by Crippen LogP contribution is 2.31. The summed E-state index contributed by atoms with van der Waals surface area (Å²) in [4.78, 5) is 12.1. The van der Waals surface area contributed by atoms with Crippen LogP contribution in [0.25, 0.3) is 0 Å². The first-order valence-corrected chi connectivity index (χ1v) is 7.45. The van der Waals surface area contributed by atoms with E-state index in [0.717, 1.165) is 0 Å². The number of phenols is 1. The Morgan fingerprint density at radius 1 is 1.21 bits per heavy atom. The molecule has 0 bridgehead atoms. The molecule has 2 rings (SSSR count). The topological polar surface area (TPSA) is 80.2 Å². The number of hydrogen-bond donors (Lipinski definition) is 2. The van der Waals surface area contributed by atoms with Gasteiger partial charge in [-0.15, -0.1) is 0 Å². The van der Waals surface area contributed by atoms with Crippen molar-refractivity contribution in [2.24, 2.45) is 5.10 Å². The lowest BCUT2D eigenvalue weighted by Gasteiger charge is -2.07. The first-order valence-electron chi connectivity index (χ1n) is 6.69. The lowest BCUT2D eigenvalue weighted by atomic mass is 10.2. The van der Waals surface area contributed by atoms with Crippen molar-refractivity contribution in [2.45, 2.75) is 0 Å². The third kappa shape index (κ3) is 4.10. The predicted molar refractivity (Wildman–Crippen MR) is 92.7 cm³/mol. The second-order valence-corrected chi connectivity index (χ2v) is 5.43. The molecule has 0 saturated heterocycles. The number of methoxy groups -OCH3 is 2. The lowest BCUT2D eigenvalue weighted by Crippen LogP contribution is -2.18. The number of ether oxygens (including phenoxy) is 2. The minimum Gasteiger partial charge on any atom is -0.506 e. The van der Waals surface area contributed by atoms with Gasteiger partial charge in [0.15, 0.2) is 0 Å². The smallest absolute Gasteiger partial charge is 0.275 e. The SMILES string of the molecule is COc1ccc(C=NNC(=O)c2cc(Cl)cc(Cl)c2O)c(OC)c1. The Morgan fingerprint density at radius 3 is 2.62 bits per heavy atom. The maximum atomic E-state index is 12.1. The zero-order valence-corrected chi connectivity index (χ0v) is 14.4. The van der Waals surface area contributed by atoms with E-state index in [1.54, 1.807) is 25.3 Å². The van der Waals surface area contributed by atoms with Crippen molar-refractivity contribution in [2.75, 3.05) is 14.2 Å². The predicted octanol–water partition coefficient (Wildman–Crippen LogP) is 3.48. The Balaban J connectivity index is 2.16. The highest BCUT2D eigenvalue weighted by atomic mass is 35.5. The summed E-state index contributed by atoms with van der Waals surface area (Å²) in [5, 5.41) is 13.9. The molecule has 0 atom stereocenters. The van der Waals surface area contributed by atoms with Gasteiger partial charge in [0.1, 0.15) is 17.2 Å². The third-order valence-electron chi connectivity index (χ3n) is 3.08. The van der Waals surface area contributed by atoms with Gasteiger partial charge < -0.3 is 14.6 Å². The fourth-order valence-electron chi connectivity index (χ4n) is 1.88. The summed E-state index contributed by atoms with van der Waals surface area (Å²) in [7, 11) is 3.06. The van der Waals surface area contributed by atoms with Crippen LogP contribution in [0.1, 0.15) is 15.9 Å². The van der Waals surface area contributed by atoms with Crippen LogP contribution in [0.4, 0.5) is 0 Å². The van der Waals surface area contributed by atoms with Crippen LogP contribution >= 0.6 is 23.2 Å². The number of nitrogens with zero attached hydrogens (tertiary/aromatic N) is 1. The molecule has 8 heteroatoms. The largest absolute Gasteiger partial charge is 0.506 e. The maximum absolute atomic E-state index is 12.1. The molecule has 6 nitrogen and oxygen atoms in total. The van der Waals surface area contributed by atoms with Crippen LogP contribution in [0.2, 0.25) is 10.0 Å². The van der Waals surface area contributed by atoms with E-state index in [1.165, 1.54) is 25.5 Å². The molecule has 24 heavy (non-hydrogen) atoms. The molecule has 0 fully saturated rings. The van der Waals surface area contributed by atoms with Gasteiger partial charge in [-0.3, -0.25) is 4.79 Å². The summed E-state index contributed by atoms with van der Waals surface area (Å²) < 4.78 is 10.3. The standard InChI is InChI=1S/C16H14Cl2N2O4/c1-23-11-4-3-9(14(7-11)24-2)8-19-20-16(22)12-5-10(17)6-13(18)15(12)21/h3-8,21H,1-2H3,(H,20,22). The molecule has 0 radical (unpaired) electrons. The Labute approximate surface area is 148 Å². The molecule has 0 aliphatic rings. The minimum atomic E-state index is -0.652. The zero-order chi connectivity index (χ0) is 17.7. The van der Waals surface area contributed by atoms with Crippen molar-refractivity contribution in [1.29, 1.82) is 0 Å². The van der Waals surface area contributed by atoms with Gasteiger partial charge in [0, 0.05) is 16.7 Å². The quantitative estimate of drug-likeness (QED) is 0.625. The van der Waals surface area contributed by atoms with Crippen LogP contribution in [0.3, 0.4) is 0 Å². The number of halogens is 2. The summed E-state index contributed by atoms with van der Waals surface area (Å²) in [5.74, 6) is 0.143. The Bertz CT molecular complexity index is 794. The van der Waals surface area contributed by atoms with Gasteiger partial charge in [0.2, 0.25) is 0 Å². The van der Waals surface area contributed by atoms with E-state index in [9.17, 15) is 9.90 Å². The number of hydrogen-bond acceptors (Lipinski definition) is 5. The minimum absolute atomic E-state index is 0.0200. The highest BCUT2D eigenvalue weighted by molar-refractivity contribution is 6.36. The molecule has 2 N–H and O–H groups in total. The lowest BCUT2D eigenvalue weighted by molar-refractivity contribution is 0.0952. The van der Waals surface area contributed by atoms with E-state index in [2.05, 4.69) is 10.5 Å². The molecular formula is C16H14Cl2N2O4. The fraction of sp³-hybridized carbons (Fsp3) is 0.125. The molecule has 0 aliphatic heterocycles. The average molecular weight is 369 g/mol. The molecule has 0 aliphatic carbocycles.